The highest BCUT2D eigenvalue weighted by atomic mass is 16.5. The molecule has 4 nitrogen and oxygen atoms in total. The molecule has 1 atom stereocenters. The Bertz CT molecular complexity index is 380. The Morgan fingerprint density at radius 1 is 1.26 bits per heavy atom. The first-order chi connectivity index (χ1) is 9.12. The van der Waals surface area contributed by atoms with E-state index in [1.54, 1.807) is 7.11 Å². The minimum absolute atomic E-state index is 0.00953. The van der Waals surface area contributed by atoms with Crippen molar-refractivity contribution in [3.63, 3.8) is 0 Å². The van der Waals surface area contributed by atoms with Gasteiger partial charge in [-0.05, 0) is 24.5 Å². The van der Waals surface area contributed by atoms with Crippen LogP contribution in [-0.4, -0.2) is 31.5 Å². The number of methoxy groups -OCH3 is 1. The molecule has 0 aliphatic rings. The maximum atomic E-state index is 8.84. The van der Waals surface area contributed by atoms with Gasteiger partial charge < -0.3 is 19.9 Å². The Balaban J connectivity index is 2.84. The summed E-state index contributed by atoms with van der Waals surface area (Å²) < 4.78 is 10.7. The van der Waals surface area contributed by atoms with E-state index in [-0.39, 0.29) is 13.2 Å². The molecule has 0 bridgehead atoms. The monoisotopic (exact) mass is 267 g/mol. The molecule has 19 heavy (non-hydrogen) atoms. The van der Waals surface area contributed by atoms with E-state index < -0.39 is 0 Å². The summed E-state index contributed by atoms with van der Waals surface area (Å²) in [5.41, 5.74) is 1.01. The molecule has 0 aliphatic heterocycles. The van der Waals surface area contributed by atoms with Crippen LogP contribution < -0.4 is 14.8 Å². The van der Waals surface area contributed by atoms with Crippen LogP contribution in [0.4, 0.5) is 5.69 Å². The number of aliphatic hydroxyl groups is 1. The van der Waals surface area contributed by atoms with Crippen LogP contribution in [0.25, 0.3) is 0 Å². The largest absolute Gasteiger partial charge is 0.493 e. The molecule has 0 saturated carbocycles. The number of hydrogen-bond acceptors (Lipinski definition) is 4. The van der Waals surface area contributed by atoms with E-state index in [9.17, 15) is 0 Å². The van der Waals surface area contributed by atoms with Gasteiger partial charge in [0.2, 0.25) is 0 Å². The van der Waals surface area contributed by atoms with Gasteiger partial charge in [-0.2, -0.15) is 0 Å². The Labute approximate surface area is 115 Å². The molecule has 1 rings (SSSR count). The van der Waals surface area contributed by atoms with Crippen molar-refractivity contribution >= 4 is 5.69 Å². The van der Waals surface area contributed by atoms with Crippen molar-refractivity contribution in [2.45, 2.75) is 33.2 Å². The van der Waals surface area contributed by atoms with E-state index >= 15 is 0 Å². The Kier molecular flexibility index (Phi) is 6.50. The van der Waals surface area contributed by atoms with Crippen LogP contribution in [0, 0.1) is 5.92 Å². The van der Waals surface area contributed by atoms with Gasteiger partial charge in [0.1, 0.15) is 6.61 Å². The second-order valence-corrected chi connectivity index (χ2v) is 4.84. The lowest BCUT2D eigenvalue weighted by Crippen LogP contribution is -2.24. The van der Waals surface area contributed by atoms with E-state index in [1.807, 2.05) is 18.2 Å². The Hall–Kier alpha value is -1.42. The zero-order chi connectivity index (χ0) is 14.3. The van der Waals surface area contributed by atoms with Crippen LogP contribution in [-0.2, 0) is 0 Å². The molecule has 0 radical (unpaired) electrons. The summed E-state index contributed by atoms with van der Waals surface area (Å²) in [6.07, 6.45) is 1.07. The SMILES string of the molecule is CCC(Nc1ccc(OC)c(OCCO)c1)C(C)C. The number of ether oxygens (including phenoxy) is 2. The molecule has 0 aliphatic carbocycles. The van der Waals surface area contributed by atoms with Gasteiger partial charge in [0, 0.05) is 17.8 Å². The fourth-order valence-corrected chi connectivity index (χ4v) is 1.99. The number of benzene rings is 1. The second-order valence-electron chi connectivity index (χ2n) is 4.84. The van der Waals surface area contributed by atoms with Gasteiger partial charge in [-0.1, -0.05) is 20.8 Å². The van der Waals surface area contributed by atoms with Crippen LogP contribution >= 0.6 is 0 Å². The minimum Gasteiger partial charge on any atom is -0.493 e. The molecule has 0 spiro atoms. The second kappa shape index (κ2) is 7.89. The molecule has 108 valence electrons. The zero-order valence-corrected chi connectivity index (χ0v) is 12.3. The van der Waals surface area contributed by atoms with Crippen molar-refractivity contribution in [2.75, 3.05) is 25.6 Å². The molecule has 1 aromatic rings. The number of hydrogen-bond donors (Lipinski definition) is 2. The van der Waals surface area contributed by atoms with E-state index in [1.165, 1.54) is 0 Å². The zero-order valence-electron chi connectivity index (χ0n) is 12.3. The van der Waals surface area contributed by atoms with Crippen molar-refractivity contribution in [3.8, 4) is 11.5 Å². The van der Waals surface area contributed by atoms with Gasteiger partial charge in [0.25, 0.3) is 0 Å². The van der Waals surface area contributed by atoms with E-state index in [0.29, 0.717) is 23.5 Å². The third kappa shape index (κ3) is 4.63. The summed E-state index contributed by atoms with van der Waals surface area (Å²) in [6, 6.07) is 6.20. The fourth-order valence-electron chi connectivity index (χ4n) is 1.99. The number of anilines is 1. The van der Waals surface area contributed by atoms with Crippen molar-refractivity contribution in [3.05, 3.63) is 18.2 Å². The third-order valence-electron chi connectivity index (χ3n) is 3.11. The molecule has 0 amide bonds. The van der Waals surface area contributed by atoms with Crippen molar-refractivity contribution < 1.29 is 14.6 Å². The van der Waals surface area contributed by atoms with Gasteiger partial charge in [-0.3, -0.25) is 0 Å². The van der Waals surface area contributed by atoms with Crippen molar-refractivity contribution in [1.82, 2.24) is 0 Å². The van der Waals surface area contributed by atoms with Crippen molar-refractivity contribution in [1.29, 1.82) is 0 Å². The number of nitrogens with one attached hydrogen (secondary N) is 1. The number of aliphatic hydroxyl groups excluding tert-OH is 1. The molecule has 0 heterocycles. The first kappa shape index (κ1) is 15.6. The molecule has 1 unspecified atom stereocenters. The standard InChI is InChI=1S/C15H25NO3/c1-5-13(11(2)3)16-12-6-7-14(18-4)15(10-12)19-9-8-17/h6-7,10-11,13,16-17H,5,8-9H2,1-4H3. The summed E-state index contributed by atoms with van der Waals surface area (Å²) in [5.74, 6) is 1.89. The summed E-state index contributed by atoms with van der Waals surface area (Å²) in [7, 11) is 1.61. The average Bonchev–Trinajstić information content (AvgIpc) is 2.42. The third-order valence-corrected chi connectivity index (χ3v) is 3.11. The van der Waals surface area contributed by atoms with Crippen LogP contribution in [0.5, 0.6) is 11.5 Å². The smallest absolute Gasteiger partial charge is 0.163 e. The quantitative estimate of drug-likeness (QED) is 0.760. The lowest BCUT2D eigenvalue weighted by atomic mass is 10.0. The first-order valence-electron chi connectivity index (χ1n) is 6.80. The first-order valence-corrected chi connectivity index (χ1v) is 6.80. The predicted octanol–water partition coefficient (Wildman–Crippen LogP) is 2.91. The molecule has 2 N–H and O–H groups in total. The van der Waals surface area contributed by atoms with E-state index in [2.05, 4.69) is 26.1 Å². The molecule has 4 heteroatoms. The number of rotatable bonds is 8. The minimum atomic E-state index is -0.00953. The van der Waals surface area contributed by atoms with Gasteiger partial charge >= 0.3 is 0 Å². The average molecular weight is 267 g/mol. The Morgan fingerprint density at radius 2 is 2.00 bits per heavy atom. The topological polar surface area (TPSA) is 50.7 Å². The normalized spacial score (nSPS) is 12.3. The maximum Gasteiger partial charge on any atom is 0.163 e. The fraction of sp³-hybridized carbons (Fsp3) is 0.600. The summed E-state index contributed by atoms with van der Waals surface area (Å²) in [4.78, 5) is 0. The maximum absolute atomic E-state index is 8.84. The molecule has 0 fully saturated rings. The van der Waals surface area contributed by atoms with E-state index in [4.69, 9.17) is 14.6 Å². The van der Waals surface area contributed by atoms with Crippen LogP contribution in [0.3, 0.4) is 0 Å². The van der Waals surface area contributed by atoms with Gasteiger partial charge in [-0.25, -0.2) is 0 Å². The lowest BCUT2D eigenvalue weighted by Gasteiger charge is -2.22. The summed E-state index contributed by atoms with van der Waals surface area (Å²) in [6.45, 7) is 6.83. The molecular formula is C15H25NO3. The molecule has 0 saturated heterocycles. The lowest BCUT2D eigenvalue weighted by molar-refractivity contribution is 0.196. The predicted molar refractivity (Wildman–Crippen MR) is 78.1 cm³/mol. The molecule has 0 aromatic heterocycles. The van der Waals surface area contributed by atoms with Crippen molar-refractivity contribution in [2.24, 2.45) is 5.92 Å². The van der Waals surface area contributed by atoms with Gasteiger partial charge in [0.05, 0.1) is 13.7 Å². The van der Waals surface area contributed by atoms with Gasteiger partial charge in [0.15, 0.2) is 11.5 Å². The Morgan fingerprint density at radius 3 is 2.53 bits per heavy atom. The van der Waals surface area contributed by atoms with Crippen LogP contribution in [0.15, 0.2) is 18.2 Å². The summed E-state index contributed by atoms with van der Waals surface area (Å²) in [5, 5.41) is 12.3. The highest BCUT2D eigenvalue weighted by Crippen LogP contribution is 2.31. The van der Waals surface area contributed by atoms with Crippen LogP contribution in [0.2, 0.25) is 0 Å². The highest BCUT2D eigenvalue weighted by molar-refractivity contribution is 5.55. The van der Waals surface area contributed by atoms with E-state index in [0.717, 1.165) is 12.1 Å². The molecular weight excluding hydrogens is 242 g/mol. The highest BCUT2D eigenvalue weighted by Gasteiger charge is 2.12. The van der Waals surface area contributed by atoms with Gasteiger partial charge in [-0.15, -0.1) is 0 Å². The summed E-state index contributed by atoms with van der Waals surface area (Å²) >= 11 is 0. The molecule has 1 aromatic carbocycles. The van der Waals surface area contributed by atoms with Crippen LogP contribution in [0.1, 0.15) is 27.2 Å².